The van der Waals surface area contributed by atoms with Crippen LogP contribution in [0, 0.1) is 0 Å². The lowest BCUT2D eigenvalue weighted by molar-refractivity contribution is 0.101. The second-order valence-electron chi connectivity index (χ2n) is 7.30. The number of benzene rings is 2. The van der Waals surface area contributed by atoms with Crippen molar-refractivity contribution in [1.82, 2.24) is 4.90 Å². The van der Waals surface area contributed by atoms with E-state index in [1.54, 1.807) is 11.8 Å². The minimum absolute atomic E-state index is 0.684. The van der Waals surface area contributed by atoms with Crippen molar-refractivity contribution in [2.24, 2.45) is 0 Å². The lowest BCUT2D eigenvalue weighted by Crippen LogP contribution is -2.23. The Morgan fingerprint density at radius 3 is 2.68 bits per heavy atom. The van der Waals surface area contributed by atoms with Crippen LogP contribution < -0.4 is 0 Å². The quantitative estimate of drug-likeness (QED) is 0.324. The van der Waals surface area contributed by atoms with Crippen LogP contribution in [0.25, 0.3) is 21.6 Å². The Kier molecular flexibility index (Phi) is 5.49. The maximum absolute atomic E-state index is 6.29. The van der Waals surface area contributed by atoms with Gasteiger partial charge in [-0.1, -0.05) is 47.6 Å². The average Bonchev–Trinajstić information content (AvgIpc) is 3.34. The van der Waals surface area contributed by atoms with E-state index in [0.29, 0.717) is 6.61 Å². The summed E-state index contributed by atoms with van der Waals surface area (Å²) < 4.78 is 6.03. The summed E-state index contributed by atoms with van der Waals surface area (Å²) in [5, 5.41) is 0.786. The first-order valence-corrected chi connectivity index (χ1v) is 11.8. The van der Waals surface area contributed by atoms with Gasteiger partial charge in [-0.2, -0.15) is 0 Å². The summed E-state index contributed by atoms with van der Waals surface area (Å²) in [6.45, 7) is 4.99. The van der Waals surface area contributed by atoms with Crippen LogP contribution in [0.3, 0.4) is 0 Å². The topological polar surface area (TPSA) is 12.5 Å². The van der Waals surface area contributed by atoms with E-state index in [9.17, 15) is 0 Å². The molecule has 2 nitrogen and oxygen atoms in total. The number of ether oxygens (including phenoxy) is 1. The molecule has 3 heterocycles. The summed E-state index contributed by atoms with van der Waals surface area (Å²) in [4.78, 5) is 7.61. The van der Waals surface area contributed by atoms with Crippen molar-refractivity contribution in [1.29, 1.82) is 0 Å². The second kappa shape index (κ2) is 8.21. The molecule has 0 radical (unpaired) electrons. The van der Waals surface area contributed by atoms with Gasteiger partial charge in [0, 0.05) is 42.2 Å². The fourth-order valence-corrected chi connectivity index (χ4v) is 6.54. The average molecular weight is 428 g/mol. The lowest BCUT2D eigenvalue weighted by atomic mass is 10.0. The molecule has 0 aliphatic carbocycles. The fourth-order valence-electron chi connectivity index (χ4n) is 3.95. The highest BCUT2D eigenvalue weighted by Crippen LogP contribution is 2.51. The zero-order chi connectivity index (χ0) is 18.9. The van der Waals surface area contributed by atoms with Crippen molar-refractivity contribution in [3.8, 4) is 21.6 Å². The zero-order valence-electron chi connectivity index (χ0n) is 15.6. The SMILES string of the molecule is Clc1ccc2c(c1)Sc1ccccc1-c1cc(COCCN3CCCC3)sc1-2. The zero-order valence-corrected chi connectivity index (χ0v) is 18.0. The largest absolute Gasteiger partial charge is 0.375 e. The molecule has 144 valence electrons. The van der Waals surface area contributed by atoms with Crippen LogP contribution in [0.4, 0.5) is 0 Å². The molecule has 0 bridgehead atoms. The first-order valence-electron chi connectivity index (χ1n) is 9.78. The molecular formula is C23H22ClNOS2. The highest BCUT2D eigenvalue weighted by molar-refractivity contribution is 7.99. The van der Waals surface area contributed by atoms with Crippen LogP contribution in [-0.4, -0.2) is 31.1 Å². The summed E-state index contributed by atoms with van der Waals surface area (Å²) in [7, 11) is 0. The number of nitrogens with zero attached hydrogens (tertiary/aromatic N) is 1. The number of rotatable bonds is 5. The third-order valence-corrected chi connectivity index (χ3v) is 7.87. The van der Waals surface area contributed by atoms with Gasteiger partial charge in [-0.3, -0.25) is 0 Å². The molecule has 0 unspecified atom stereocenters. The molecule has 0 saturated carbocycles. The Balaban J connectivity index is 1.42. The van der Waals surface area contributed by atoms with Gasteiger partial charge < -0.3 is 9.64 Å². The highest BCUT2D eigenvalue weighted by atomic mass is 35.5. The van der Waals surface area contributed by atoms with E-state index in [0.717, 1.165) is 18.2 Å². The fraction of sp³-hybridized carbons (Fsp3) is 0.304. The highest BCUT2D eigenvalue weighted by Gasteiger charge is 2.22. The van der Waals surface area contributed by atoms with Gasteiger partial charge in [-0.05, 0) is 55.8 Å². The predicted molar refractivity (Wildman–Crippen MR) is 120 cm³/mol. The second-order valence-corrected chi connectivity index (χ2v) is 9.95. The molecule has 28 heavy (non-hydrogen) atoms. The van der Waals surface area contributed by atoms with Crippen molar-refractivity contribution in [3.63, 3.8) is 0 Å². The number of halogens is 1. The van der Waals surface area contributed by atoms with E-state index in [-0.39, 0.29) is 0 Å². The number of hydrogen-bond donors (Lipinski definition) is 0. The molecule has 1 aromatic heterocycles. The lowest BCUT2D eigenvalue weighted by Gasteiger charge is -2.13. The predicted octanol–water partition coefficient (Wildman–Crippen LogP) is 6.81. The van der Waals surface area contributed by atoms with Crippen LogP contribution in [0.1, 0.15) is 17.7 Å². The minimum Gasteiger partial charge on any atom is -0.375 e. The summed E-state index contributed by atoms with van der Waals surface area (Å²) in [5.41, 5.74) is 3.88. The molecule has 3 aromatic rings. The van der Waals surface area contributed by atoms with E-state index < -0.39 is 0 Å². The Morgan fingerprint density at radius 2 is 1.79 bits per heavy atom. The molecule has 2 aliphatic rings. The molecule has 0 atom stereocenters. The molecule has 1 saturated heterocycles. The van der Waals surface area contributed by atoms with Crippen LogP contribution in [0.5, 0.6) is 0 Å². The molecule has 0 N–H and O–H groups in total. The van der Waals surface area contributed by atoms with E-state index in [2.05, 4.69) is 47.4 Å². The molecule has 0 spiro atoms. The number of thiophene rings is 1. The first-order chi connectivity index (χ1) is 13.8. The van der Waals surface area contributed by atoms with E-state index >= 15 is 0 Å². The molecule has 1 fully saturated rings. The van der Waals surface area contributed by atoms with Gasteiger partial charge in [-0.25, -0.2) is 0 Å². The molecule has 2 aliphatic heterocycles. The van der Waals surface area contributed by atoms with Crippen LogP contribution in [0.15, 0.2) is 58.3 Å². The number of hydrogen-bond acceptors (Lipinski definition) is 4. The van der Waals surface area contributed by atoms with Crippen LogP contribution >= 0.6 is 34.7 Å². The summed E-state index contributed by atoms with van der Waals surface area (Å²) in [5.74, 6) is 0. The Bertz CT molecular complexity index is 994. The Hall–Kier alpha value is -1.30. The van der Waals surface area contributed by atoms with Gasteiger partial charge in [0.1, 0.15) is 0 Å². The van der Waals surface area contributed by atoms with Gasteiger partial charge in [0.25, 0.3) is 0 Å². The Labute approximate surface area is 179 Å². The van der Waals surface area contributed by atoms with E-state index in [1.807, 2.05) is 17.4 Å². The van der Waals surface area contributed by atoms with Crippen LogP contribution in [0.2, 0.25) is 5.02 Å². The van der Waals surface area contributed by atoms with Crippen LogP contribution in [-0.2, 0) is 11.3 Å². The molecular weight excluding hydrogens is 406 g/mol. The van der Waals surface area contributed by atoms with Crippen molar-refractivity contribution in [3.05, 3.63) is 58.4 Å². The summed E-state index contributed by atoms with van der Waals surface area (Å²) >= 11 is 9.95. The standard InChI is InChI=1S/C23H22ClNOS2/c24-16-7-8-19-22(13-16)28-21-6-2-1-5-18(21)20-14-17(27-23(19)20)15-26-12-11-25-9-3-4-10-25/h1-2,5-8,13-14H,3-4,9-12,15H2. The molecule has 0 amide bonds. The van der Waals surface area contributed by atoms with Gasteiger partial charge in [-0.15, -0.1) is 11.3 Å². The number of fused-ring (bicyclic) bond motifs is 5. The summed E-state index contributed by atoms with van der Waals surface area (Å²) in [6.07, 6.45) is 2.66. The van der Waals surface area contributed by atoms with Crippen molar-refractivity contribution >= 4 is 34.7 Å². The van der Waals surface area contributed by atoms with E-state index in [1.165, 1.54) is 62.2 Å². The first kappa shape index (κ1) is 18.7. The Morgan fingerprint density at radius 1 is 0.929 bits per heavy atom. The van der Waals surface area contributed by atoms with Crippen molar-refractivity contribution < 1.29 is 4.74 Å². The minimum atomic E-state index is 0.684. The normalized spacial score (nSPS) is 15.8. The van der Waals surface area contributed by atoms with Gasteiger partial charge in [0.2, 0.25) is 0 Å². The monoisotopic (exact) mass is 427 g/mol. The summed E-state index contributed by atoms with van der Waals surface area (Å²) in [6, 6.07) is 17.2. The number of likely N-dealkylation sites (tertiary alicyclic amines) is 1. The van der Waals surface area contributed by atoms with Crippen molar-refractivity contribution in [2.45, 2.75) is 29.2 Å². The molecule has 5 rings (SSSR count). The van der Waals surface area contributed by atoms with Gasteiger partial charge in [0.15, 0.2) is 0 Å². The smallest absolute Gasteiger partial charge is 0.0810 e. The molecule has 5 heteroatoms. The molecule has 2 aromatic carbocycles. The maximum atomic E-state index is 6.29. The van der Waals surface area contributed by atoms with Gasteiger partial charge >= 0.3 is 0 Å². The maximum Gasteiger partial charge on any atom is 0.0810 e. The van der Waals surface area contributed by atoms with Crippen molar-refractivity contribution in [2.75, 3.05) is 26.2 Å². The van der Waals surface area contributed by atoms with Gasteiger partial charge in [0.05, 0.1) is 13.2 Å². The van der Waals surface area contributed by atoms with E-state index in [4.69, 9.17) is 16.3 Å². The third kappa shape index (κ3) is 3.77. The third-order valence-electron chi connectivity index (χ3n) is 5.36.